The van der Waals surface area contributed by atoms with Crippen LogP contribution < -0.4 is 15.0 Å². The SMILES string of the molecule is CN=C(NCc1ccnc(N2CCCC2)c1)N(C)Cc1ccc(OC(F)F)cc1.I. The highest BCUT2D eigenvalue weighted by atomic mass is 127. The van der Waals surface area contributed by atoms with Gasteiger partial charge >= 0.3 is 6.61 Å². The van der Waals surface area contributed by atoms with Gasteiger partial charge in [0.1, 0.15) is 11.6 Å². The Bertz CT molecular complexity index is 813. The number of benzene rings is 1. The van der Waals surface area contributed by atoms with Gasteiger partial charge in [0, 0.05) is 46.5 Å². The summed E-state index contributed by atoms with van der Waals surface area (Å²) in [6.07, 6.45) is 4.29. The molecule has 1 saturated heterocycles. The maximum Gasteiger partial charge on any atom is 0.387 e. The van der Waals surface area contributed by atoms with Gasteiger partial charge in [0.15, 0.2) is 5.96 Å². The highest BCUT2D eigenvalue weighted by Crippen LogP contribution is 2.19. The predicted molar refractivity (Wildman–Crippen MR) is 126 cm³/mol. The molecule has 0 radical (unpaired) electrons. The number of hydrogen-bond acceptors (Lipinski definition) is 4. The van der Waals surface area contributed by atoms with Gasteiger partial charge < -0.3 is 19.9 Å². The van der Waals surface area contributed by atoms with E-state index in [-0.39, 0.29) is 29.7 Å². The minimum absolute atomic E-state index is 0. The summed E-state index contributed by atoms with van der Waals surface area (Å²) in [6, 6.07) is 10.7. The van der Waals surface area contributed by atoms with Crippen molar-refractivity contribution >= 4 is 35.8 Å². The zero-order valence-corrected chi connectivity index (χ0v) is 19.6. The largest absolute Gasteiger partial charge is 0.435 e. The van der Waals surface area contributed by atoms with E-state index in [9.17, 15) is 8.78 Å². The molecular weight excluding hydrogens is 503 g/mol. The lowest BCUT2D eigenvalue weighted by atomic mass is 10.2. The van der Waals surface area contributed by atoms with Crippen molar-refractivity contribution in [1.82, 2.24) is 15.2 Å². The molecule has 30 heavy (non-hydrogen) atoms. The molecule has 1 aliphatic rings. The van der Waals surface area contributed by atoms with Gasteiger partial charge in [0.25, 0.3) is 0 Å². The van der Waals surface area contributed by atoms with Gasteiger partial charge in [-0.1, -0.05) is 12.1 Å². The van der Waals surface area contributed by atoms with Gasteiger partial charge in [-0.3, -0.25) is 4.99 Å². The fourth-order valence-corrected chi connectivity index (χ4v) is 3.38. The van der Waals surface area contributed by atoms with E-state index >= 15 is 0 Å². The third-order valence-corrected chi connectivity index (χ3v) is 4.83. The molecule has 1 aromatic carbocycles. The summed E-state index contributed by atoms with van der Waals surface area (Å²) in [6.45, 7) is 0.543. The number of rotatable bonds is 7. The van der Waals surface area contributed by atoms with E-state index in [0.717, 1.165) is 36.0 Å². The second-order valence-electron chi connectivity index (χ2n) is 7.00. The molecule has 0 aliphatic carbocycles. The maximum absolute atomic E-state index is 12.3. The molecule has 1 aliphatic heterocycles. The summed E-state index contributed by atoms with van der Waals surface area (Å²) in [4.78, 5) is 13.1. The van der Waals surface area contributed by atoms with Crippen LogP contribution in [0.5, 0.6) is 5.75 Å². The molecule has 0 amide bonds. The molecule has 0 saturated carbocycles. The van der Waals surface area contributed by atoms with E-state index in [1.54, 1.807) is 31.3 Å². The van der Waals surface area contributed by atoms with Crippen molar-refractivity contribution in [3.63, 3.8) is 0 Å². The van der Waals surface area contributed by atoms with Crippen molar-refractivity contribution in [3.8, 4) is 5.75 Å². The molecule has 0 bridgehead atoms. The smallest absolute Gasteiger partial charge is 0.387 e. The first-order valence-electron chi connectivity index (χ1n) is 9.70. The van der Waals surface area contributed by atoms with Crippen LogP contribution in [0.15, 0.2) is 47.6 Å². The molecule has 1 aromatic heterocycles. The maximum atomic E-state index is 12.3. The zero-order valence-electron chi connectivity index (χ0n) is 17.2. The summed E-state index contributed by atoms with van der Waals surface area (Å²) in [5, 5.41) is 3.37. The molecular formula is C21H28F2IN5O. The van der Waals surface area contributed by atoms with Crippen molar-refractivity contribution < 1.29 is 13.5 Å². The summed E-state index contributed by atoms with van der Waals surface area (Å²) in [5.41, 5.74) is 2.11. The monoisotopic (exact) mass is 531 g/mol. The lowest BCUT2D eigenvalue weighted by Crippen LogP contribution is -2.38. The molecule has 164 valence electrons. The lowest BCUT2D eigenvalue weighted by Gasteiger charge is -2.23. The van der Waals surface area contributed by atoms with Crippen LogP contribution in [0.25, 0.3) is 0 Å². The van der Waals surface area contributed by atoms with Gasteiger partial charge in [-0.05, 0) is 48.2 Å². The number of nitrogens with one attached hydrogen (secondary N) is 1. The summed E-state index contributed by atoms with van der Waals surface area (Å²) in [7, 11) is 3.67. The fraction of sp³-hybridized carbons (Fsp3) is 0.429. The Hall–Kier alpha value is -2.17. The second-order valence-corrected chi connectivity index (χ2v) is 7.00. The summed E-state index contributed by atoms with van der Waals surface area (Å²) < 4.78 is 28.9. The van der Waals surface area contributed by atoms with Crippen molar-refractivity contribution in [2.45, 2.75) is 32.5 Å². The van der Waals surface area contributed by atoms with Gasteiger partial charge in [0.2, 0.25) is 0 Å². The van der Waals surface area contributed by atoms with E-state index in [0.29, 0.717) is 13.1 Å². The van der Waals surface area contributed by atoms with Gasteiger partial charge in [-0.15, -0.1) is 24.0 Å². The van der Waals surface area contributed by atoms with Crippen LogP contribution in [0, 0.1) is 0 Å². The number of anilines is 1. The summed E-state index contributed by atoms with van der Waals surface area (Å²) in [5.74, 6) is 1.93. The van der Waals surface area contributed by atoms with Crippen LogP contribution in [0.4, 0.5) is 14.6 Å². The van der Waals surface area contributed by atoms with E-state index in [1.165, 1.54) is 12.8 Å². The first-order valence-corrected chi connectivity index (χ1v) is 9.70. The Morgan fingerprint density at radius 3 is 2.53 bits per heavy atom. The minimum atomic E-state index is -2.81. The van der Waals surface area contributed by atoms with Gasteiger partial charge in [0.05, 0.1) is 0 Å². The number of pyridine rings is 1. The van der Waals surface area contributed by atoms with Crippen molar-refractivity contribution in [3.05, 3.63) is 53.7 Å². The molecule has 0 unspecified atom stereocenters. The molecule has 3 rings (SSSR count). The first-order chi connectivity index (χ1) is 14.0. The van der Waals surface area contributed by atoms with E-state index in [4.69, 9.17) is 0 Å². The average molecular weight is 531 g/mol. The topological polar surface area (TPSA) is 53.0 Å². The number of halogens is 3. The number of guanidine groups is 1. The third kappa shape index (κ3) is 6.96. The number of alkyl halides is 2. The zero-order chi connectivity index (χ0) is 20.6. The minimum Gasteiger partial charge on any atom is -0.435 e. The molecule has 9 heteroatoms. The highest BCUT2D eigenvalue weighted by Gasteiger charge is 2.14. The number of hydrogen-bond donors (Lipinski definition) is 1. The van der Waals surface area contributed by atoms with Crippen LogP contribution in [-0.4, -0.2) is 49.6 Å². The van der Waals surface area contributed by atoms with Crippen LogP contribution in [0.2, 0.25) is 0 Å². The quantitative estimate of drug-likeness (QED) is 0.331. The number of nitrogens with zero attached hydrogens (tertiary/aromatic N) is 4. The predicted octanol–water partition coefficient (Wildman–Crippen LogP) is 4.11. The Balaban J connectivity index is 0.00000320. The molecule has 6 nitrogen and oxygen atoms in total. The molecule has 1 fully saturated rings. The number of ether oxygens (including phenoxy) is 1. The number of aromatic nitrogens is 1. The molecule has 2 aromatic rings. The summed E-state index contributed by atoms with van der Waals surface area (Å²) >= 11 is 0. The Labute approximate surface area is 193 Å². The van der Waals surface area contributed by atoms with E-state index in [1.807, 2.05) is 24.2 Å². The van der Waals surface area contributed by atoms with Crippen molar-refractivity contribution in [2.24, 2.45) is 4.99 Å². The van der Waals surface area contributed by atoms with Crippen LogP contribution in [-0.2, 0) is 13.1 Å². The molecule has 0 atom stereocenters. The Morgan fingerprint density at radius 2 is 1.90 bits per heavy atom. The van der Waals surface area contributed by atoms with Gasteiger partial charge in [-0.2, -0.15) is 8.78 Å². The molecule has 1 N–H and O–H groups in total. The Morgan fingerprint density at radius 1 is 1.20 bits per heavy atom. The second kappa shape index (κ2) is 11.9. The van der Waals surface area contributed by atoms with E-state index in [2.05, 4.69) is 31.0 Å². The molecule has 0 spiro atoms. The van der Waals surface area contributed by atoms with Crippen molar-refractivity contribution in [1.29, 1.82) is 0 Å². The van der Waals surface area contributed by atoms with E-state index < -0.39 is 6.61 Å². The molecule has 2 heterocycles. The van der Waals surface area contributed by atoms with Crippen LogP contribution in [0.1, 0.15) is 24.0 Å². The third-order valence-electron chi connectivity index (χ3n) is 4.83. The number of aliphatic imine (C=N–C) groups is 1. The standard InChI is InChI=1S/C21H27F2N5O.HI/c1-24-21(27(2)15-16-5-7-18(8-6-16)29-20(22)23)26-14-17-9-10-25-19(13-17)28-11-3-4-12-28;/h5-10,13,20H,3-4,11-12,14-15H2,1-2H3,(H,24,26);1H. The highest BCUT2D eigenvalue weighted by molar-refractivity contribution is 14.0. The normalized spacial score (nSPS) is 13.9. The first kappa shape index (κ1) is 24.1. The lowest BCUT2D eigenvalue weighted by molar-refractivity contribution is -0.0498. The van der Waals surface area contributed by atoms with Gasteiger partial charge in [-0.25, -0.2) is 4.98 Å². The van der Waals surface area contributed by atoms with Crippen LogP contribution in [0.3, 0.4) is 0 Å². The van der Waals surface area contributed by atoms with Crippen LogP contribution >= 0.6 is 24.0 Å². The average Bonchev–Trinajstić information content (AvgIpc) is 3.25. The Kier molecular flexibility index (Phi) is 9.54. The fourth-order valence-electron chi connectivity index (χ4n) is 3.38. The van der Waals surface area contributed by atoms with Crippen molar-refractivity contribution in [2.75, 3.05) is 32.1 Å².